The Balaban J connectivity index is 2.09. The minimum atomic E-state index is -4.38. The molecule has 0 spiro atoms. The van der Waals surface area contributed by atoms with Gasteiger partial charge in [-0.25, -0.2) is 0 Å². The van der Waals surface area contributed by atoms with Gasteiger partial charge in [0, 0.05) is 0 Å². The average molecular weight is 294 g/mol. The summed E-state index contributed by atoms with van der Waals surface area (Å²) in [6.07, 6.45) is -4.38. The number of para-hydroxylation sites is 1. The Kier molecular flexibility index (Phi) is 4.31. The molecular formula is C16H13F3O2. The molecular weight excluding hydrogens is 281 g/mol. The zero-order valence-electron chi connectivity index (χ0n) is 11.2. The Morgan fingerprint density at radius 1 is 1.00 bits per heavy atom. The van der Waals surface area contributed by atoms with Crippen molar-refractivity contribution < 1.29 is 22.7 Å². The number of halogens is 3. The first-order valence-corrected chi connectivity index (χ1v) is 6.32. The molecule has 2 aromatic rings. The van der Waals surface area contributed by atoms with Gasteiger partial charge in [-0.3, -0.25) is 4.79 Å². The summed E-state index contributed by atoms with van der Waals surface area (Å²) in [6, 6.07) is 13.0. The highest BCUT2D eigenvalue weighted by Crippen LogP contribution is 2.30. The van der Waals surface area contributed by atoms with Crippen LogP contribution in [-0.4, -0.2) is 5.97 Å². The van der Waals surface area contributed by atoms with Gasteiger partial charge in [-0.15, -0.1) is 0 Å². The van der Waals surface area contributed by atoms with Crippen LogP contribution < -0.4 is 4.74 Å². The van der Waals surface area contributed by atoms with Crippen LogP contribution in [-0.2, 0) is 11.0 Å². The molecule has 0 saturated carbocycles. The number of rotatable bonds is 3. The monoisotopic (exact) mass is 294 g/mol. The lowest BCUT2D eigenvalue weighted by Crippen LogP contribution is -2.16. The highest BCUT2D eigenvalue weighted by molar-refractivity contribution is 5.79. The highest BCUT2D eigenvalue weighted by Gasteiger charge is 2.30. The van der Waals surface area contributed by atoms with Gasteiger partial charge in [-0.2, -0.15) is 13.2 Å². The maximum Gasteiger partial charge on any atom is 0.416 e. The average Bonchev–Trinajstić information content (AvgIpc) is 2.46. The Bertz CT molecular complexity index is 604. The van der Waals surface area contributed by atoms with Crippen molar-refractivity contribution in [2.45, 2.75) is 19.0 Å². The molecule has 0 saturated heterocycles. The molecule has 0 amide bonds. The number of alkyl halides is 3. The van der Waals surface area contributed by atoms with Gasteiger partial charge in [0.15, 0.2) is 0 Å². The summed E-state index contributed by atoms with van der Waals surface area (Å²) in [5.74, 6) is -0.755. The smallest absolute Gasteiger partial charge is 0.416 e. The third-order valence-electron chi connectivity index (χ3n) is 3.05. The summed E-state index contributed by atoms with van der Waals surface area (Å²) in [7, 11) is 0. The van der Waals surface area contributed by atoms with E-state index in [1.165, 1.54) is 12.1 Å². The molecule has 0 aromatic heterocycles. The van der Waals surface area contributed by atoms with E-state index in [0.717, 1.165) is 12.1 Å². The first kappa shape index (κ1) is 15.1. The molecule has 0 aliphatic heterocycles. The number of ether oxygens (including phenoxy) is 1. The lowest BCUT2D eigenvalue weighted by Gasteiger charge is -2.13. The van der Waals surface area contributed by atoms with Crippen molar-refractivity contribution in [1.82, 2.24) is 0 Å². The minimum absolute atomic E-state index is 0.404. The van der Waals surface area contributed by atoms with Crippen LogP contribution in [0.15, 0.2) is 54.6 Å². The number of carbonyl (C=O) groups excluding carboxylic acids is 1. The minimum Gasteiger partial charge on any atom is -0.426 e. The van der Waals surface area contributed by atoms with Gasteiger partial charge in [0.1, 0.15) is 5.75 Å². The molecule has 1 unspecified atom stereocenters. The fourth-order valence-corrected chi connectivity index (χ4v) is 1.79. The molecule has 21 heavy (non-hydrogen) atoms. The molecule has 1 atom stereocenters. The van der Waals surface area contributed by atoms with E-state index in [2.05, 4.69) is 0 Å². The van der Waals surface area contributed by atoms with E-state index in [0.29, 0.717) is 11.3 Å². The number of benzene rings is 2. The van der Waals surface area contributed by atoms with Crippen molar-refractivity contribution in [1.29, 1.82) is 0 Å². The van der Waals surface area contributed by atoms with E-state index < -0.39 is 23.6 Å². The number of carbonyl (C=O) groups is 1. The summed E-state index contributed by atoms with van der Waals surface area (Å²) in [4.78, 5) is 12.0. The fourth-order valence-electron chi connectivity index (χ4n) is 1.79. The third kappa shape index (κ3) is 3.84. The van der Waals surface area contributed by atoms with E-state index in [1.807, 2.05) is 0 Å². The number of esters is 1. The maximum atomic E-state index is 12.5. The maximum absolute atomic E-state index is 12.5. The Labute approximate surface area is 120 Å². The molecule has 0 aliphatic rings. The molecule has 2 aromatic carbocycles. The standard InChI is InChI=1S/C16H13F3O2/c1-11(15(20)21-14-5-3-2-4-6-14)12-7-9-13(10-8-12)16(17,18)19/h2-11H,1H3. The van der Waals surface area contributed by atoms with Gasteiger partial charge in [-0.05, 0) is 36.8 Å². The Morgan fingerprint density at radius 2 is 1.57 bits per heavy atom. The Hall–Kier alpha value is -2.30. The molecule has 0 aliphatic carbocycles. The fraction of sp³-hybridized carbons (Fsp3) is 0.188. The largest absolute Gasteiger partial charge is 0.426 e. The van der Waals surface area contributed by atoms with E-state index in [1.54, 1.807) is 37.3 Å². The van der Waals surface area contributed by atoms with E-state index >= 15 is 0 Å². The lowest BCUT2D eigenvalue weighted by atomic mass is 10.00. The molecule has 2 rings (SSSR count). The molecule has 0 radical (unpaired) electrons. The van der Waals surface area contributed by atoms with Crippen LogP contribution in [0.3, 0.4) is 0 Å². The highest BCUT2D eigenvalue weighted by atomic mass is 19.4. The van der Waals surface area contributed by atoms with Crippen molar-refractivity contribution in [3.8, 4) is 5.75 Å². The van der Waals surface area contributed by atoms with Crippen LogP contribution in [0.2, 0.25) is 0 Å². The van der Waals surface area contributed by atoms with Gasteiger partial charge in [0.2, 0.25) is 0 Å². The van der Waals surface area contributed by atoms with Gasteiger partial charge in [0.05, 0.1) is 11.5 Å². The molecule has 110 valence electrons. The van der Waals surface area contributed by atoms with E-state index in [-0.39, 0.29) is 0 Å². The molecule has 2 nitrogen and oxygen atoms in total. The molecule has 5 heteroatoms. The van der Waals surface area contributed by atoms with Crippen LogP contribution in [0, 0.1) is 0 Å². The molecule has 0 N–H and O–H groups in total. The number of hydrogen-bond donors (Lipinski definition) is 0. The van der Waals surface area contributed by atoms with Gasteiger partial charge >= 0.3 is 12.1 Å². The second-order valence-corrected chi connectivity index (χ2v) is 4.58. The van der Waals surface area contributed by atoms with Gasteiger partial charge in [0.25, 0.3) is 0 Å². The zero-order valence-corrected chi connectivity index (χ0v) is 11.2. The normalized spacial score (nSPS) is 12.8. The topological polar surface area (TPSA) is 26.3 Å². The third-order valence-corrected chi connectivity index (χ3v) is 3.05. The van der Waals surface area contributed by atoms with Crippen molar-refractivity contribution in [2.75, 3.05) is 0 Å². The first-order chi connectivity index (χ1) is 9.88. The summed E-state index contributed by atoms with van der Waals surface area (Å²) >= 11 is 0. The molecule has 0 bridgehead atoms. The lowest BCUT2D eigenvalue weighted by molar-refractivity contribution is -0.137. The van der Waals surface area contributed by atoms with Crippen molar-refractivity contribution in [3.63, 3.8) is 0 Å². The summed E-state index contributed by atoms with van der Waals surface area (Å²) in [5, 5.41) is 0. The number of hydrogen-bond acceptors (Lipinski definition) is 2. The van der Waals surface area contributed by atoms with Crippen molar-refractivity contribution >= 4 is 5.97 Å². The van der Waals surface area contributed by atoms with E-state index in [4.69, 9.17) is 4.74 Å². The van der Waals surface area contributed by atoms with Crippen molar-refractivity contribution in [2.24, 2.45) is 0 Å². The molecule has 0 heterocycles. The summed E-state index contributed by atoms with van der Waals surface area (Å²) in [5.41, 5.74) is -0.265. The van der Waals surface area contributed by atoms with Crippen molar-refractivity contribution in [3.05, 3.63) is 65.7 Å². The zero-order chi connectivity index (χ0) is 15.5. The second-order valence-electron chi connectivity index (χ2n) is 4.58. The Morgan fingerprint density at radius 3 is 2.10 bits per heavy atom. The first-order valence-electron chi connectivity index (χ1n) is 6.32. The predicted octanol–water partition coefficient (Wildman–Crippen LogP) is 4.41. The van der Waals surface area contributed by atoms with Crippen LogP contribution >= 0.6 is 0 Å². The second kappa shape index (κ2) is 5.99. The van der Waals surface area contributed by atoms with Crippen LogP contribution in [0.25, 0.3) is 0 Å². The van der Waals surface area contributed by atoms with Crippen LogP contribution in [0.5, 0.6) is 5.75 Å². The summed E-state index contributed by atoms with van der Waals surface area (Å²) in [6.45, 7) is 1.59. The van der Waals surface area contributed by atoms with Crippen LogP contribution in [0.4, 0.5) is 13.2 Å². The van der Waals surface area contributed by atoms with Gasteiger partial charge in [-0.1, -0.05) is 30.3 Å². The quantitative estimate of drug-likeness (QED) is 0.619. The SMILES string of the molecule is CC(C(=O)Oc1ccccc1)c1ccc(C(F)(F)F)cc1. The summed E-state index contributed by atoms with van der Waals surface area (Å²) < 4.78 is 42.6. The molecule has 0 fully saturated rings. The van der Waals surface area contributed by atoms with Gasteiger partial charge < -0.3 is 4.74 Å². The van der Waals surface area contributed by atoms with Crippen LogP contribution in [0.1, 0.15) is 24.0 Å². The predicted molar refractivity (Wildman–Crippen MR) is 71.9 cm³/mol. The van der Waals surface area contributed by atoms with E-state index in [9.17, 15) is 18.0 Å².